The summed E-state index contributed by atoms with van der Waals surface area (Å²) in [6.07, 6.45) is 6.64. The predicted octanol–water partition coefficient (Wildman–Crippen LogP) is 3.53. The molecule has 5 heteroatoms. The van der Waals surface area contributed by atoms with Gasteiger partial charge >= 0.3 is 11.9 Å². The molecular formula is C20H28O5. The van der Waals surface area contributed by atoms with Crippen LogP contribution in [0.2, 0.25) is 0 Å². The molecule has 2 bridgehead atoms. The molecule has 0 heterocycles. The van der Waals surface area contributed by atoms with Crippen LogP contribution in [0, 0.1) is 33.5 Å². The Labute approximate surface area is 148 Å². The molecule has 2 fully saturated rings. The zero-order chi connectivity index (χ0) is 18.8. The minimum absolute atomic E-state index is 0.0986. The minimum Gasteiger partial charge on any atom is -0.481 e. The summed E-state index contributed by atoms with van der Waals surface area (Å²) in [4.78, 5) is 36.4. The molecule has 0 aromatic carbocycles. The lowest BCUT2D eigenvalue weighted by molar-refractivity contribution is -0.174. The molecule has 5 unspecified atom stereocenters. The molecule has 25 heavy (non-hydrogen) atoms. The Balaban J connectivity index is 2.10. The quantitative estimate of drug-likeness (QED) is 0.758. The number of fused-ring (bicyclic) bond motifs is 1. The Morgan fingerprint density at radius 2 is 1.88 bits per heavy atom. The second-order valence-corrected chi connectivity index (χ2v) is 9.54. The summed E-state index contributed by atoms with van der Waals surface area (Å²) >= 11 is 0. The monoisotopic (exact) mass is 348 g/mol. The first-order chi connectivity index (χ1) is 11.4. The van der Waals surface area contributed by atoms with E-state index in [-0.39, 0.29) is 29.5 Å². The van der Waals surface area contributed by atoms with Gasteiger partial charge in [-0.1, -0.05) is 19.1 Å². The van der Waals surface area contributed by atoms with Gasteiger partial charge in [-0.05, 0) is 62.7 Å². The summed E-state index contributed by atoms with van der Waals surface area (Å²) in [5.74, 6) is -2.07. The Morgan fingerprint density at radius 3 is 2.44 bits per heavy atom. The summed E-state index contributed by atoms with van der Waals surface area (Å²) < 4.78 is 0. The van der Waals surface area contributed by atoms with Gasteiger partial charge in [0.2, 0.25) is 0 Å². The average Bonchev–Trinajstić information content (AvgIpc) is 2.76. The number of Topliss-reactive ketones (excluding diaryl/α,β-unsaturated/α-hetero) is 1. The molecule has 0 saturated heterocycles. The molecule has 3 aliphatic rings. The van der Waals surface area contributed by atoms with E-state index in [1.165, 1.54) is 0 Å². The van der Waals surface area contributed by atoms with Gasteiger partial charge in [-0.3, -0.25) is 14.4 Å². The molecule has 0 aromatic heterocycles. The van der Waals surface area contributed by atoms with Crippen LogP contribution in [-0.4, -0.2) is 27.9 Å². The van der Waals surface area contributed by atoms with Gasteiger partial charge in [-0.15, -0.1) is 0 Å². The molecular weight excluding hydrogens is 320 g/mol. The normalized spacial score (nSPS) is 43.0. The van der Waals surface area contributed by atoms with Crippen molar-refractivity contribution in [3.05, 3.63) is 12.2 Å². The fourth-order valence-electron chi connectivity index (χ4n) is 6.33. The molecule has 0 aromatic rings. The van der Waals surface area contributed by atoms with Crippen molar-refractivity contribution in [2.75, 3.05) is 0 Å². The summed E-state index contributed by atoms with van der Waals surface area (Å²) in [7, 11) is 0. The second-order valence-electron chi connectivity index (χ2n) is 9.54. The van der Waals surface area contributed by atoms with Crippen LogP contribution in [0.25, 0.3) is 0 Å². The predicted molar refractivity (Wildman–Crippen MR) is 91.9 cm³/mol. The fourth-order valence-corrected chi connectivity index (χ4v) is 6.33. The molecule has 2 N–H and O–H groups in total. The lowest BCUT2D eigenvalue weighted by Gasteiger charge is -2.60. The van der Waals surface area contributed by atoms with E-state index in [1.54, 1.807) is 13.8 Å². The molecule has 138 valence electrons. The van der Waals surface area contributed by atoms with Gasteiger partial charge in [0.05, 0.1) is 11.8 Å². The number of ketones is 1. The molecule has 3 aliphatic carbocycles. The van der Waals surface area contributed by atoms with Crippen molar-refractivity contribution in [2.45, 2.75) is 59.8 Å². The van der Waals surface area contributed by atoms with Gasteiger partial charge in [-0.25, -0.2) is 0 Å². The maximum atomic E-state index is 12.8. The number of carboxylic acid groups (broad SMARTS) is 2. The van der Waals surface area contributed by atoms with Crippen molar-refractivity contribution in [3.8, 4) is 0 Å². The Morgan fingerprint density at radius 1 is 1.24 bits per heavy atom. The van der Waals surface area contributed by atoms with Crippen LogP contribution in [0.3, 0.4) is 0 Å². The van der Waals surface area contributed by atoms with Crippen molar-refractivity contribution < 1.29 is 24.6 Å². The van der Waals surface area contributed by atoms with Crippen LogP contribution in [0.15, 0.2) is 12.2 Å². The van der Waals surface area contributed by atoms with E-state index in [2.05, 4.69) is 6.08 Å². The van der Waals surface area contributed by atoms with Crippen LogP contribution in [0.4, 0.5) is 0 Å². The first kappa shape index (κ1) is 18.2. The van der Waals surface area contributed by atoms with Crippen molar-refractivity contribution in [1.29, 1.82) is 0 Å². The first-order valence-corrected chi connectivity index (χ1v) is 9.06. The van der Waals surface area contributed by atoms with E-state index < -0.39 is 28.2 Å². The van der Waals surface area contributed by atoms with Crippen molar-refractivity contribution >= 4 is 17.7 Å². The molecule has 5 atom stereocenters. The van der Waals surface area contributed by atoms with Crippen LogP contribution in [0.1, 0.15) is 59.8 Å². The van der Waals surface area contributed by atoms with Crippen LogP contribution in [0.5, 0.6) is 0 Å². The summed E-state index contributed by atoms with van der Waals surface area (Å²) in [5.41, 5.74) is -2.36. The number of aliphatic carboxylic acids is 2. The third kappa shape index (κ3) is 2.38. The van der Waals surface area contributed by atoms with Gasteiger partial charge in [-0.2, -0.15) is 0 Å². The summed E-state index contributed by atoms with van der Waals surface area (Å²) in [5, 5.41) is 19.3. The number of rotatable bonds is 4. The first-order valence-electron chi connectivity index (χ1n) is 9.06. The highest BCUT2D eigenvalue weighted by atomic mass is 16.4. The topological polar surface area (TPSA) is 91.7 Å². The number of carbonyl (C=O) groups excluding carboxylic acids is 1. The third-order valence-electron chi connectivity index (χ3n) is 7.65. The molecule has 5 nitrogen and oxygen atoms in total. The van der Waals surface area contributed by atoms with Crippen molar-refractivity contribution in [2.24, 2.45) is 33.5 Å². The Kier molecular flexibility index (Phi) is 3.76. The fraction of sp³-hybridized carbons (Fsp3) is 0.750. The lowest BCUT2D eigenvalue weighted by Crippen LogP contribution is -2.58. The minimum atomic E-state index is -1.03. The van der Waals surface area contributed by atoms with Crippen LogP contribution in [-0.2, 0) is 14.4 Å². The lowest BCUT2D eigenvalue weighted by atomic mass is 9.42. The van der Waals surface area contributed by atoms with Gasteiger partial charge in [0.15, 0.2) is 0 Å². The highest BCUT2D eigenvalue weighted by molar-refractivity contribution is 5.89. The largest absolute Gasteiger partial charge is 0.481 e. The number of allylic oxidation sites excluding steroid dienone is 2. The Hall–Kier alpha value is -1.65. The van der Waals surface area contributed by atoms with Crippen molar-refractivity contribution in [1.82, 2.24) is 0 Å². The molecule has 2 saturated carbocycles. The number of carbonyl (C=O) groups is 3. The van der Waals surface area contributed by atoms with Gasteiger partial charge in [0.1, 0.15) is 5.78 Å². The Bertz CT molecular complexity index is 678. The highest BCUT2D eigenvalue weighted by Gasteiger charge is 2.65. The zero-order valence-corrected chi connectivity index (χ0v) is 15.5. The van der Waals surface area contributed by atoms with Gasteiger partial charge in [0, 0.05) is 11.8 Å². The maximum Gasteiger partial charge on any atom is 0.309 e. The van der Waals surface area contributed by atoms with E-state index in [4.69, 9.17) is 0 Å². The van der Waals surface area contributed by atoms with E-state index >= 15 is 0 Å². The van der Waals surface area contributed by atoms with Gasteiger partial charge < -0.3 is 10.2 Å². The third-order valence-corrected chi connectivity index (χ3v) is 7.65. The number of hydrogen-bond acceptors (Lipinski definition) is 3. The maximum absolute atomic E-state index is 12.8. The van der Waals surface area contributed by atoms with Crippen LogP contribution >= 0.6 is 0 Å². The molecule has 0 radical (unpaired) electrons. The summed E-state index contributed by atoms with van der Waals surface area (Å²) in [6, 6.07) is 0. The molecule has 3 rings (SSSR count). The SMILES string of the molecule is CC12C=CC3(CCC(C(C)(C)C(=O)O)C(C)(CC(=O)O)C3CC1=O)C2. The number of hydrogen-bond donors (Lipinski definition) is 2. The smallest absolute Gasteiger partial charge is 0.309 e. The highest BCUT2D eigenvalue weighted by Crippen LogP contribution is 2.69. The summed E-state index contributed by atoms with van der Waals surface area (Å²) in [6.45, 7) is 7.26. The molecule has 0 aliphatic heterocycles. The van der Waals surface area contributed by atoms with Crippen molar-refractivity contribution in [3.63, 3.8) is 0 Å². The van der Waals surface area contributed by atoms with E-state index in [1.807, 2.05) is 19.9 Å². The second kappa shape index (κ2) is 5.18. The standard InChI is InChI=1S/C20H28O5/c1-17(2,16(24)25)12-5-6-20-8-7-18(3,11-20)14(21)9-13(20)19(12,4)10-15(22)23/h7-8,12-13H,5-6,9-11H2,1-4H3,(H,22,23)(H,24,25). The zero-order valence-electron chi connectivity index (χ0n) is 15.5. The molecule has 0 amide bonds. The average molecular weight is 348 g/mol. The number of carboxylic acids is 2. The van der Waals surface area contributed by atoms with E-state index in [0.717, 1.165) is 12.8 Å². The van der Waals surface area contributed by atoms with Gasteiger partial charge in [0.25, 0.3) is 0 Å². The van der Waals surface area contributed by atoms with E-state index in [9.17, 15) is 24.6 Å². The van der Waals surface area contributed by atoms with E-state index in [0.29, 0.717) is 12.8 Å². The molecule has 1 spiro atoms. The van der Waals surface area contributed by atoms with Crippen LogP contribution < -0.4 is 0 Å².